The van der Waals surface area contributed by atoms with Gasteiger partial charge in [-0.25, -0.2) is 4.98 Å². The second-order valence-corrected chi connectivity index (χ2v) is 5.20. The number of nitrogens with zero attached hydrogens (tertiary/aromatic N) is 2. The highest BCUT2D eigenvalue weighted by Gasteiger charge is 2.12. The van der Waals surface area contributed by atoms with Gasteiger partial charge in [0, 0.05) is 5.02 Å². The molecule has 20 heavy (non-hydrogen) atoms. The van der Waals surface area contributed by atoms with Crippen LogP contribution in [0.5, 0.6) is 5.88 Å². The Kier molecular flexibility index (Phi) is 4.52. The van der Waals surface area contributed by atoms with Crippen molar-refractivity contribution in [3.63, 3.8) is 0 Å². The van der Waals surface area contributed by atoms with Crippen molar-refractivity contribution < 1.29 is 4.74 Å². The number of anilines is 3. The normalized spacial score (nSPS) is 10.7. The molecular weight excluding hydrogens is 299 g/mol. The van der Waals surface area contributed by atoms with Crippen LogP contribution < -0.4 is 15.8 Å². The van der Waals surface area contributed by atoms with E-state index in [2.05, 4.69) is 15.3 Å². The van der Waals surface area contributed by atoms with Gasteiger partial charge >= 0.3 is 0 Å². The minimum Gasteiger partial charge on any atom is -0.473 e. The van der Waals surface area contributed by atoms with Gasteiger partial charge < -0.3 is 15.8 Å². The highest BCUT2D eigenvalue weighted by molar-refractivity contribution is 6.36. The fourth-order valence-corrected chi connectivity index (χ4v) is 1.97. The number of halogens is 2. The number of benzene rings is 1. The first kappa shape index (κ1) is 14.7. The van der Waals surface area contributed by atoms with Crippen molar-refractivity contribution in [1.29, 1.82) is 0 Å². The summed E-state index contributed by atoms with van der Waals surface area (Å²) in [6.07, 6.45) is 1.35. The van der Waals surface area contributed by atoms with Crippen molar-refractivity contribution in [2.75, 3.05) is 11.1 Å². The minimum absolute atomic E-state index is 0.0285. The second kappa shape index (κ2) is 6.15. The number of nitrogen functional groups attached to an aromatic ring is 1. The average molecular weight is 313 g/mol. The van der Waals surface area contributed by atoms with E-state index in [0.717, 1.165) is 0 Å². The molecule has 0 saturated heterocycles. The molecule has 3 N–H and O–H groups in total. The summed E-state index contributed by atoms with van der Waals surface area (Å²) in [5.41, 5.74) is 6.95. The molecule has 0 atom stereocenters. The molecule has 2 aromatic rings. The number of hydrogen-bond donors (Lipinski definition) is 2. The Hall–Kier alpha value is -1.72. The Morgan fingerprint density at radius 2 is 2.00 bits per heavy atom. The summed E-state index contributed by atoms with van der Waals surface area (Å²) in [7, 11) is 0. The molecule has 106 valence electrons. The Bertz CT molecular complexity index is 619. The second-order valence-electron chi connectivity index (χ2n) is 4.36. The van der Waals surface area contributed by atoms with Crippen LogP contribution in [-0.2, 0) is 0 Å². The zero-order chi connectivity index (χ0) is 14.7. The molecule has 1 aromatic carbocycles. The van der Waals surface area contributed by atoms with Gasteiger partial charge in [0.1, 0.15) is 12.0 Å². The zero-order valence-electron chi connectivity index (χ0n) is 11.0. The van der Waals surface area contributed by atoms with Gasteiger partial charge in [0.25, 0.3) is 0 Å². The highest BCUT2D eigenvalue weighted by Crippen LogP contribution is 2.32. The number of hydrogen-bond acceptors (Lipinski definition) is 5. The summed E-state index contributed by atoms with van der Waals surface area (Å²) in [6, 6.07) is 5.10. The van der Waals surface area contributed by atoms with E-state index in [9.17, 15) is 0 Å². The maximum absolute atomic E-state index is 6.09. The Labute approximate surface area is 127 Å². The topological polar surface area (TPSA) is 73.1 Å². The van der Waals surface area contributed by atoms with Gasteiger partial charge in [-0.15, -0.1) is 0 Å². The maximum Gasteiger partial charge on any atom is 0.242 e. The van der Waals surface area contributed by atoms with Crippen LogP contribution in [0.1, 0.15) is 13.8 Å². The van der Waals surface area contributed by atoms with Crippen LogP contribution in [0.4, 0.5) is 17.2 Å². The number of ether oxygens (including phenoxy) is 1. The Balaban J connectivity index is 2.29. The SMILES string of the molecule is CC(C)Oc1ncnc(Nc2ccc(Cl)cc2Cl)c1N. The predicted molar refractivity (Wildman–Crippen MR) is 82.0 cm³/mol. The first-order valence-corrected chi connectivity index (χ1v) is 6.72. The summed E-state index contributed by atoms with van der Waals surface area (Å²) in [4.78, 5) is 8.09. The molecule has 0 aliphatic heterocycles. The van der Waals surface area contributed by atoms with Gasteiger partial charge in [-0.1, -0.05) is 23.2 Å². The van der Waals surface area contributed by atoms with Crippen LogP contribution in [0.15, 0.2) is 24.5 Å². The monoisotopic (exact) mass is 312 g/mol. The van der Waals surface area contributed by atoms with Gasteiger partial charge in [-0.3, -0.25) is 0 Å². The van der Waals surface area contributed by atoms with Crippen LogP contribution in [0.25, 0.3) is 0 Å². The standard InChI is InChI=1S/C13H14Cl2N4O/c1-7(2)20-13-11(16)12(17-6-18-13)19-10-4-3-8(14)5-9(10)15/h3-7H,16H2,1-2H3,(H,17,18,19). The van der Waals surface area contributed by atoms with Gasteiger partial charge in [0.05, 0.1) is 16.8 Å². The first-order valence-electron chi connectivity index (χ1n) is 5.96. The maximum atomic E-state index is 6.09. The molecule has 0 saturated carbocycles. The van der Waals surface area contributed by atoms with E-state index in [1.165, 1.54) is 6.33 Å². The van der Waals surface area contributed by atoms with Crippen molar-refractivity contribution >= 4 is 40.4 Å². The highest BCUT2D eigenvalue weighted by atomic mass is 35.5. The quantitative estimate of drug-likeness (QED) is 0.895. The van der Waals surface area contributed by atoms with E-state index in [1.54, 1.807) is 18.2 Å². The number of nitrogens with one attached hydrogen (secondary N) is 1. The van der Waals surface area contributed by atoms with Crippen molar-refractivity contribution in [1.82, 2.24) is 9.97 Å². The van der Waals surface area contributed by atoms with Crippen LogP contribution in [0, 0.1) is 0 Å². The summed E-state index contributed by atoms with van der Waals surface area (Å²) in [5, 5.41) is 4.06. The number of rotatable bonds is 4. The Morgan fingerprint density at radius 3 is 2.65 bits per heavy atom. The lowest BCUT2D eigenvalue weighted by atomic mass is 10.3. The van der Waals surface area contributed by atoms with E-state index in [0.29, 0.717) is 33.1 Å². The Morgan fingerprint density at radius 1 is 1.25 bits per heavy atom. The van der Waals surface area contributed by atoms with Crippen LogP contribution in [0.2, 0.25) is 10.0 Å². The lowest BCUT2D eigenvalue weighted by Gasteiger charge is -2.14. The minimum atomic E-state index is -0.0285. The van der Waals surface area contributed by atoms with Gasteiger partial charge in [0.15, 0.2) is 5.82 Å². The van der Waals surface area contributed by atoms with Crippen molar-refractivity contribution in [2.45, 2.75) is 20.0 Å². The summed E-state index contributed by atoms with van der Waals surface area (Å²) >= 11 is 11.9. The third-order valence-corrected chi connectivity index (χ3v) is 2.93. The van der Waals surface area contributed by atoms with E-state index >= 15 is 0 Å². The molecule has 0 aliphatic carbocycles. The van der Waals surface area contributed by atoms with E-state index in [1.807, 2.05) is 13.8 Å². The molecule has 0 unspecified atom stereocenters. The van der Waals surface area contributed by atoms with Crippen molar-refractivity contribution in [3.05, 3.63) is 34.6 Å². The lowest BCUT2D eigenvalue weighted by molar-refractivity contribution is 0.234. The smallest absolute Gasteiger partial charge is 0.242 e. The molecule has 0 amide bonds. The van der Waals surface area contributed by atoms with Crippen molar-refractivity contribution in [2.24, 2.45) is 0 Å². The summed E-state index contributed by atoms with van der Waals surface area (Å²) in [5.74, 6) is 0.766. The van der Waals surface area contributed by atoms with E-state index < -0.39 is 0 Å². The fourth-order valence-electron chi connectivity index (χ4n) is 1.51. The van der Waals surface area contributed by atoms with Crippen LogP contribution >= 0.6 is 23.2 Å². The average Bonchev–Trinajstić information content (AvgIpc) is 2.36. The molecule has 0 aliphatic rings. The van der Waals surface area contributed by atoms with Crippen molar-refractivity contribution in [3.8, 4) is 5.88 Å². The third-order valence-electron chi connectivity index (χ3n) is 2.38. The molecule has 5 nitrogen and oxygen atoms in total. The lowest BCUT2D eigenvalue weighted by Crippen LogP contribution is -2.10. The third kappa shape index (κ3) is 3.43. The molecule has 7 heteroatoms. The largest absolute Gasteiger partial charge is 0.473 e. The van der Waals surface area contributed by atoms with Gasteiger partial charge in [-0.05, 0) is 32.0 Å². The van der Waals surface area contributed by atoms with Crippen LogP contribution in [-0.4, -0.2) is 16.1 Å². The molecule has 1 heterocycles. The molecular formula is C13H14Cl2N4O. The molecule has 1 aromatic heterocycles. The first-order chi connectivity index (χ1) is 9.47. The van der Waals surface area contributed by atoms with E-state index in [-0.39, 0.29) is 6.10 Å². The fraction of sp³-hybridized carbons (Fsp3) is 0.231. The predicted octanol–water partition coefficient (Wildman–Crippen LogP) is 3.90. The summed E-state index contributed by atoms with van der Waals surface area (Å²) in [6.45, 7) is 3.79. The molecule has 0 spiro atoms. The van der Waals surface area contributed by atoms with Crippen LogP contribution in [0.3, 0.4) is 0 Å². The van der Waals surface area contributed by atoms with Gasteiger partial charge in [0.2, 0.25) is 5.88 Å². The molecule has 2 rings (SSSR count). The molecule has 0 radical (unpaired) electrons. The van der Waals surface area contributed by atoms with Gasteiger partial charge in [-0.2, -0.15) is 4.98 Å². The molecule has 0 bridgehead atoms. The number of nitrogens with two attached hydrogens (primary N) is 1. The summed E-state index contributed by atoms with van der Waals surface area (Å²) < 4.78 is 5.50. The van der Waals surface area contributed by atoms with E-state index in [4.69, 9.17) is 33.7 Å². The molecule has 0 fully saturated rings. The number of aromatic nitrogens is 2. The zero-order valence-corrected chi connectivity index (χ0v) is 12.5.